The quantitative estimate of drug-likeness (QED) is 0.627. The summed E-state index contributed by atoms with van der Waals surface area (Å²) in [5.74, 6) is 1.93. The van der Waals surface area contributed by atoms with Crippen molar-refractivity contribution in [3.05, 3.63) is 28.2 Å². The van der Waals surface area contributed by atoms with E-state index in [9.17, 15) is 0 Å². The average molecular weight is 285 g/mol. The smallest absolute Gasteiger partial charge is 0.170 e. The second-order valence-corrected chi connectivity index (χ2v) is 6.66. The second kappa shape index (κ2) is 7.10. The minimum absolute atomic E-state index is 0.878. The molecule has 2 heterocycles. The van der Waals surface area contributed by atoms with Crippen LogP contribution in [0.15, 0.2) is 21.9 Å². The van der Waals surface area contributed by atoms with E-state index in [1.165, 1.54) is 16.4 Å². The normalized spacial score (nSPS) is 10.9. The fourth-order valence-corrected chi connectivity index (χ4v) is 3.66. The number of nitrogens with zero attached hydrogens (tertiary/aromatic N) is 2. The van der Waals surface area contributed by atoms with Gasteiger partial charge in [0.15, 0.2) is 4.34 Å². The Labute approximate surface area is 114 Å². The first-order chi connectivity index (χ1) is 8.34. The van der Waals surface area contributed by atoms with Crippen LogP contribution in [0.25, 0.3) is 0 Å². The first-order valence-corrected chi connectivity index (χ1v) is 8.14. The molecule has 2 aromatic rings. The van der Waals surface area contributed by atoms with Crippen LogP contribution < -0.4 is 5.32 Å². The Balaban J connectivity index is 1.52. The van der Waals surface area contributed by atoms with E-state index in [1.807, 2.05) is 18.3 Å². The molecular formula is C11H15N3S3. The zero-order valence-electron chi connectivity index (χ0n) is 9.68. The zero-order chi connectivity index (χ0) is 11.9. The monoisotopic (exact) mass is 285 g/mol. The first kappa shape index (κ1) is 13.0. The van der Waals surface area contributed by atoms with Gasteiger partial charge in [-0.3, -0.25) is 0 Å². The highest BCUT2D eigenvalue weighted by atomic mass is 32.2. The molecule has 0 fully saturated rings. The van der Waals surface area contributed by atoms with Gasteiger partial charge in [0.2, 0.25) is 0 Å². The van der Waals surface area contributed by atoms with E-state index in [2.05, 4.69) is 32.2 Å². The van der Waals surface area contributed by atoms with Gasteiger partial charge in [-0.15, -0.1) is 11.3 Å². The molecule has 0 atom stereocenters. The molecule has 0 aliphatic heterocycles. The number of aryl methyl sites for hydroxylation is 1. The lowest BCUT2D eigenvalue weighted by molar-refractivity contribution is 0.725. The lowest BCUT2D eigenvalue weighted by Crippen LogP contribution is -2.19. The van der Waals surface area contributed by atoms with Crippen LogP contribution in [0.2, 0.25) is 0 Å². The van der Waals surface area contributed by atoms with Crippen molar-refractivity contribution in [2.45, 2.75) is 17.7 Å². The van der Waals surface area contributed by atoms with Crippen molar-refractivity contribution in [1.29, 1.82) is 0 Å². The molecule has 2 aromatic heterocycles. The molecule has 0 saturated carbocycles. The maximum absolute atomic E-state index is 4.31. The number of aromatic nitrogens is 2. The Morgan fingerprint density at radius 3 is 3.06 bits per heavy atom. The summed E-state index contributed by atoms with van der Waals surface area (Å²) in [6.07, 6.45) is 1.13. The van der Waals surface area contributed by atoms with Crippen LogP contribution >= 0.6 is 34.6 Å². The van der Waals surface area contributed by atoms with Gasteiger partial charge in [0.05, 0.1) is 0 Å². The third-order valence-electron chi connectivity index (χ3n) is 2.14. The van der Waals surface area contributed by atoms with Crippen LogP contribution in [-0.2, 0) is 6.42 Å². The molecule has 0 aromatic carbocycles. The lowest BCUT2D eigenvalue weighted by Gasteiger charge is -2.01. The van der Waals surface area contributed by atoms with Gasteiger partial charge in [-0.2, -0.15) is 4.37 Å². The highest BCUT2D eigenvalue weighted by Gasteiger charge is 2.00. The zero-order valence-corrected chi connectivity index (χ0v) is 12.1. The predicted octanol–water partition coefficient (Wildman–Crippen LogP) is 2.83. The topological polar surface area (TPSA) is 37.8 Å². The fraction of sp³-hybridized carbons (Fsp3) is 0.455. The van der Waals surface area contributed by atoms with Crippen LogP contribution in [-0.4, -0.2) is 28.2 Å². The molecule has 2 rings (SSSR count). The molecule has 92 valence electrons. The summed E-state index contributed by atoms with van der Waals surface area (Å²) < 4.78 is 5.23. The Morgan fingerprint density at radius 1 is 1.41 bits per heavy atom. The van der Waals surface area contributed by atoms with Crippen molar-refractivity contribution >= 4 is 34.6 Å². The van der Waals surface area contributed by atoms with Crippen molar-refractivity contribution in [1.82, 2.24) is 14.7 Å². The molecular weight excluding hydrogens is 270 g/mol. The Bertz CT molecular complexity index is 425. The minimum Gasteiger partial charge on any atom is -0.316 e. The predicted molar refractivity (Wildman–Crippen MR) is 76.3 cm³/mol. The second-order valence-electron chi connectivity index (χ2n) is 3.54. The van der Waals surface area contributed by atoms with Gasteiger partial charge >= 0.3 is 0 Å². The van der Waals surface area contributed by atoms with Crippen molar-refractivity contribution in [2.75, 3.05) is 18.8 Å². The van der Waals surface area contributed by atoms with Crippen LogP contribution in [0, 0.1) is 6.92 Å². The number of hydrogen-bond donors (Lipinski definition) is 1. The molecule has 0 bridgehead atoms. The van der Waals surface area contributed by atoms with Gasteiger partial charge in [-0.25, -0.2) is 4.98 Å². The maximum atomic E-state index is 4.31. The Hall–Kier alpha value is -0.430. The molecule has 0 saturated heterocycles. The average Bonchev–Trinajstić information content (AvgIpc) is 2.95. The lowest BCUT2D eigenvalue weighted by atomic mass is 10.3. The van der Waals surface area contributed by atoms with Crippen molar-refractivity contribution in [3.63, 3.8) is 0 Å². The highest BCUT2D eigenvalue weighted by molar-refractivity contribution is 8.00. The largest absolute Gasteiger partial charge is 0.316 e. The van der Waals surface area contributed by atoms with E-state index in [4.69, 9.17) is 0 Å². The van der Waals surface area contributed by atoms with Crippen LogP contribution in [0.3, 0.4) is 0 Å². The van der Waals surface area contributed by atoms with Crippen molar-refractivity contribution < 1.29 is 0 Å². The van der Waals surface area contributed by atoms with Gasteiger partial charge in [-0.05, 0) is 42.9 Å². The van der Waals surface area contributed by atoms with E-state index in [-0.39, 0.29) is 0 Å². The maximum Gasteiger partial charge on any atom is 0.170 e. The fourth-order valence-electron chi connectivity index (χ4n) is 1.34. The number of nitrogens with one attached hydrogen (secondary N) is 1. The van der Waals surface area contributed by atoms with E-state index in [0.29, 0.717) is 0 Å². The third-order valence-corrected chi connectivity index (χ3v) is 5.00. The number of thioether (sulfide) groups is 1. The summed E-state index contributed by atoms with van der Waals surface area (Å²) in [6, 6.07) is 4.29. The molecule has 0 radical (unpaired) electrons. The summed E-state index contributed by atoms with van der Waals surface area (Å²) in [5.41, 5.74) is 0. The van der Waals surface area contributed by atoms with E-state index in [1.54, 1.807) is 11.8 Å². The molecule has 3 nitrogen and oxygen atoms in total. The number of rotatable bonds is 7. The molecule has 17 heavy (non-hydrogen) atoms. The van der Waals surface area contributed by atoms with Crippen LogP contribution in [0.5, 0.6) is 0 Å². The van der Waals surface area contributed by atoms with Gasteiger partial charge in [0, 0.05) is 17.2 Å². The molecule has 0 amide bonds. The summed E-state index contributed by atoms with van der Waals surface area (Å²) in [4.78, 5) is 5.76. The molecule has 1 N–H and O–H groups in total. The van der Waals surface area contributed by atoms with Gasteiger partial charge < -0.3 is 5.32 Å². The number of thiophene rings is 1. The molecule has 6 heteroatoms. The SMILES string of the molecule is Cc1nsc(SCCNCCc2cccs2)n1. The third kappa shape index (κ3) is 4.75. The standard InChI is InChI=1S/C11H15N3S3/c1-9-13-11(17-14-9)16-8-6-12-5-4-10-3-2-7-15-10/h2-3,7,12H,4-6,8H2,1H3. The molecule has 0 aliphatic rings. The van der Waals surface area contributed by atoms with Crippen molar-refractivity contribution in [2.24, 2.45) is 0 Å². The summed E-state index contributed by atoms with van der Waals surface area (Å²) >= 11 is 5.09. The number of hydrogen-bond acceptors (Lipinski definition) is 6. The van der Waals surface area contributed by atoms with E-state index >= 15 is 0 Å². The first-order valence-electron chi connectivity index (χ1n) is 5.51. The molecule has 0 aliphatic carbocycles. The summed E-state index contributed by atoms with van der Waals surface area (Å²) in [6.45, 7) is 4.00. The minimum atomic E-state index is 0.878. The highest BCUT2D eigenvalue weighted by Crippen LogP contribution is 2.18. The van der Waals surface area contributed by atoms with E-state index in [0.717, 1.165) is 35.4 Å². The van der Waals surface area contributed by atoms with Gasteiger partial charge in [-0.1, -0.05) is 17.8 Å². The van der Waals surface area contributed by atoms with Crippen LogP contribution in [0.1, 0.15) is 10.7 Å². The summed E-state index contributed by atoms with van der Waals surface area (Å²) in [5, 5.41) is 5.57. The van der Waals surface area contributed by atoms with Crippen LogP contribution in [0.4, 0.5) is 0 Å². The Kier molecular flexibility index (Phi) is 5.44. The Morgan fingerprint density at radius 2 is 2.35 bits per heavy atom. The van der Waals surface area contributed by atoms with Gasteiger partial charge in [0.1, 0.15) is 5.82 Å². The van der Waals surface area contributed by atoms with E-state index < -0.39 is 0 Å². The summed E-state index contributed by atoms with van der Waals surface area (Å²) in [7, 11) is 0. The molecule has 0 spiro atoms. The van der Waals surface area contributed by atoms with Crippen molar-refractivity contribution in [3.8, 4) is 0 Å². The van der Waals surface area contributed by atoms with Gasteiger partial charge in [0.25, 0.3) is 0 Å². The molecule has 0 unspecified atom stereocenters.